The minimum Gasteiger partial charge on any atom is -0.330 e. The van der Waals surface area contributed by atoms with Crippen molar-refractivity contribution < 1.29 is 0 Å². The van der Waals surface area contributed by atoms with Gasteiger partial charge in [0.1, 0.15) is 0 Å². The molecule has 3 nitrogen and oxygen atoms in total. The zero-order valence-electron chi connectivity index (χ0n) is 27.0. The molecule has 0 radical (unpaired) electrons. The number of nitrogens with two attached hydrogens (primary N) is 1. The lowest BCUT2D eigenvalue weighted by molar-refractivity contribution is -0.118. The summed E-state index contributed by atoms with van der Waals surface area (Å²) in [5.74, 6) is 6.82. The average Bonchev–Trinajstić information content (AvgIpc) is 3.27. The third-order valence-electron chi connectivity index (χ3n) is 13.1. The van der Waals surface area contributed by atoms with Crippen molar-refractivity contribution in [3.8, 4) is 0 Å². The molecule has 39 heavy (non-hydrogen) atoms. The molecule has 0 amide bonds. The fourth-order valence-electron chi connectivity index (χ4n) is 10.9. The van der Waals surface area contributed by atoms with Gasteiger partial charge in [0.05, 0.1) is 0 Å². The van der Waals surface area contributed by atoms with Gasteiger partial charge in [0.2, 0.25) is 0 Å². The molecule has 4 saturated carbocycles. The van der Waals surface area contributed by atoms with E-state index in [-0.39, 0.29) is 0 Å². The molecule has 0 aromatic heterocycles. The minimum atomic E-state index is 0.620. The standard InChI is InChI=1S/C36H69N3/c1-27(2)12-10-13-28(3)32-16-17-33-31-15-14-29-26-30(39-25-11-24-38-23-9-7-6-8-22-37)18-20-35(29,4)34(31)19-21-36(32,33)5/h27-34,38-39H,6-26,37H2,1-5H3/t28-,29-,30+,31?,32-,33?,34?,35+,36-/m1/s1. The van der Waals surface area contributed by atoms with E-state index in [4.69, 9.17) is 5.73 Å². The Labute approximate surface area is 244 Å². The summed E-state index contributed by atoms with van der Waals surface area (Å²) in [5, 5.41) is 7.65. The van der Waals surface area contributed by atoms with Crippen molar-refractivity contribution in [2.45, 2.75) is 150 Å². The van der Waals surface area contributed by atoms with Crippen molar-refractivity contribution >= 4 is 0 Å². The quantitative estimate of drug-likeness (QED) is 0.171. The average molecular weight is 544 g/mol. The molecule has 4 aliphatic carbocycles. The molecule has 228 valence electrons. The summed E-state index contributed by atoms with van der Waals surface area (Å²) in [7, 11) is 0. The number of rotatable bonds is 16. The van der Waals surface area contributed by atoms with Crippen LogP contribution in [-0.4, -0.2) is 32.2 Å². The summed E-state index contributed by atoms with van der Waals surface area (Å²) in [6, 6.07) is 0.771. The predicted molar refractivity (Wildman–Crippen MR) is 170 cm³/mol. The molecule has 0 aliphatic heterocycles. The molecule has 4 rings (SSSR count). The molecule has 9 atom stereocenters. The van der Waals surface area contributed by atoms with Crippen molar-refractivity contribution in [1.82, 2.24) is 10.6 Å². The molecule has 0 bridgehead atoms. The van der Waals surface area contributed by atoms with Crippen LogP contribution in [-0.2, 0) is 0 Å². The molecular formula is C36H69N3. The molecule has 0 aromatic rings. The van der Waals surface area contributed by atoms with Crippen LogP contribution in [0.5, 0.6) is 0 Å². The Balaban J connectivity index is 1.20. The zero-order chi connectivity index (χ0) is 27.9. The van der Waals surface area contributed by atoms with E-state index in [2.05, 4.69) is 45.3 Å². The number of nitrogens with one attached hydrogen (secondary N) is 2. The SMILES string of the molecule is CC(C)CCC[C@@H](C)[C@H]1CCC2C3CC[C@@H]4C[C@@H](NCCCNCCCCCCN)CC[C@]4(C)C3CC[C@@]21C. The molecule has 4 aliphatic rings. The first-order valence-electron chi connectivity index (χ1n) is 17.9. The van der Waals surface area contributed by atoms with Gasteiger partial charge in [-0.05, 0) is 155 Å². The Morgan fingerprint density at radius 3 is 2.26 bits per heavy atom. The molecule has 0 spiro atoms. The second kappa shape index (κ2) is 14.9. The highest BCUT2D eigenvalue weighted by Crippen LogP contribution is 2.68. The Hall–Kier alpha value is -0.120. The molecule has 0 heterocycles. The first-order valence-corrected chi connectivity index (χ1v) is 17.9. The van der Waals surface area contributed by atoms with Crippen LogP contribution in [0.3, 0.4) is 0 Å². The first-order chi connectivity index (χ1) is 18.8. The van der Waals surface area contributed by atoms with E-state index in [1.807, 2.05) is 0 Å². The highest BCUT2D eigenvalue weighted by atomic mass is 14.9. The lowest BCUT2D eigenvalue weighted by Crippen LogP contribution is -2.55. The summed E-state index contributed by atoms with van der Waals surface area (Å²) in [4.78, 5) is 0. The van der Waals surface area contributed by atoms with Gasteiger partial charge in [0.15, 0.2) is 0 Å². The van der Waals surface area contributed by atoms with Gasteiger partial charge in [-0.1, -0.05) is 66.7 Å². The van der Waals surface area contributed by atoms with E-state index in [1.165, 1.54) is 116 Å². The van der Waals surface area contributed by atoms with E-state index in [0.717, 1.165) is 54.0 Å². The summed E-state index contributed by atoms with van der Waals surface area (Å²) >= 11 is 0. The Morgan fingerprint density at radius 1 is 0.718 bits per heavy atom. The maximum atomic E-state index is 5.59. The molecule has 4 N–H and O–H groups in total. The van der Waals surface area contributed by atoms with E-state index in [1.54, 1.807) is 12.8 Å². The zero-order valence-corrected chi connectivity index (χ0v) is 27.0. The van der Waals surface area contributed by atoms with Crippen LogP contribution in [0.1, 0.15) is 144 Å². The number of fused-ring (bicyclic) bond motifs is 5. The van der Waals surface area contributed by atoms with Gasteiger partial charge in [-0.15, -0.1) is 0 Å². The van der Waals surface area contributed by atoms with Gasteiger partial charge in [-0.2, -0.15) is 0 Å². The van der Waals surface area contributed by atoms with Crippen LogP contribution in [0.2, 0.25) is 0 Å². The Morgan fingerprint density at radius 2 is 1.46 bits per heavy atom. The van der Waals surface area contributed by atoms with Crippen LogP contribution in [0, 0.1) is 52.3 Å². The topological polar surface area (TPSA) is 50.1 Å². The maximum absolute atomic E-state index is 5.59. The van der Waals surface area contributed by atoms with Gasteiger partial charge in [0, 0.05) is 6.04 Å². The Kier molecular flexibility index (Phi) is 12.1. The van der Waals surface area contributed by atoms with E-state index < -0.39 is 0 Å². The van der Waals surface area contributed by atoms with Gasteiger partial charge in [0.25, 0.3) is 0 Å². The van der Waals surface area contributed by atoms with Crippen LogP contribution in [0.25, 0.3) is 0 Å². The van der Waals surface area contributed by atoms with Crippen molar-refractivity contribution in [2.24, 2.45) is 58.0 Å². The van der Waals surface area contributed by atoms with Crippen molar-refractivity contribution in [2.75, 3.05) is 26.2 Å². The highest BCUT2D eigenvalue weighted by molar-refractivity contribution is 5.10. The van der Waals surface area contributed by atoms with Gasteiger partial charge in [-0.25, -0.2) is 0 Å². The van der Waals surface area contributed by atoms with Crippen molar-refractivity contribution in [3.63, 3.8) is 0 Å². The number of hydrogen-bond donors (Lipinski definition) is 3. The lowest BCUT2D eigenvalue weighted by Gasteiger charge is -2.61. The van der Waals surface area contributed by atoms with Crippen LogP contribution in [0.15, 0.2) is 0 Å². The second-order valence-electron chi connectivity index (χ2n) is 15.9. The fraction of sp³-hybridized carbons (Fsp3) is 1.00. The summed E-state index contributed by atoms with van der Waals surface area (Å²) < 4.78 is 0. The monoisotopic (exact) mass is 544 g/mol. The second-order valence-corrected chi connectivity index (χ2v) is 15.9. The predicted octanol–water partition coefficient (Wildman–Crippen LogP) is 8.56. The molecule has 0 saturated heterocycles. The van der Waals surface area contributed by atoms with Gasteiger partial charge >= 0.3 is 0 Å². The van der Waals surface area contributed by atoms with Gasteiger partial charge in [-0.3, -0.25) is 0 Å². The molecule has 3 heteroatoms. The molecular weight excluding hydrogens is 474 g/mol. The fourth-order valence-corrected chi connectivity index (χ4v) is 10.9. The van der Waals surface area contributed by atoms with Crippen LogP contribution in [0.4, 0.5) is 0 Å². The normalized spacial score (nSPS) is 38.8. The number of hydrogen-bond acceptors (Lipinski definition) is 3. The van der Waals surface area contributed by atoms with E-state index in [9.17, 15) is 0 Å². The lowest BCUT2D eigenvalue weighted by atomic mass is 9.44. The van der Waals surface area contributed by atoms with Gasteiger partial charge < -0.3 is 16.4 Å². The molecule has 4 fully saturated rings. The van der Waals surface area contributed by atoms with Crippen LogP contribution < -0.4 is 16.4 Å². The smallest absolute Gasteiger partial charge is 0.00701 e. The van der Waals surface area contributed by atoms with Crippen LogP contribution >= 0.6 is 0 Å². The largest absolute Gasteiger partial charge is 0.330 e. The first kappa shape index (κ1) is 31.8. The summed E-state index contributed by atoms with van der Waals surface area (Å²) in [6.45, 7) is 17.3. The third-order valence-corrected chi connectivity index (χ3v) is 13.1. The van der Waals surface area contributed by atoms with E-state index >= 15 is 0 Å². The summed E-state index contributed by atoms with van der Waals surface area (Å²) in [5.41, 5.74) is 6.85. The summed E-state index contributed by atoms with van der Waals surface area (Å²) in [6.07, 6.45) is 24.3. The maximum Gasteiger partial charge on any atom is 0.00701 e. The van der Waals surface area contributed by atoms with Crippen molar-refractivity contribution in [1.29, 1.82) is 0 Å². The Bertz CT molecular complexity index is 707. The third kappa shape index (κ3) is 7.64. The number of unbranched alkanes of at least 4 members (excludes halogenated alkanes) is 3. The molecule has 0 aromatic carbocycles. The highest BCUT2D eigenvalue weighted by Gasteiger charge is 2.60. The molecule has 3 unspecified atom stereocenters. The van der Waals surface area contributed by atoms with Crippen molar-refractivity contribution in [3.05, 3.63) is 0 Å². The van der Waals surface area contributed by atoms with E-state index in [0.29, 0.717) is 10.8 Å². The minimum absolute atomic E-state index is 0.620.